The molecule has 2 atom stereocenters. The molecule has 1 aliphatic rings. The molecule has 2 unspecified atom stereocenters. The van der Waals surface area contributed by atoms with E-state index in [0.717, 1.165) is 38.9 Å². The zero-order valence-corrected chi connectivity index (χ0v) is 13.0. The molecular weight excluding hydrogens is 254 g/mol. The average Bonchev–Trinajstić information content (AvgIpc) is 2.35. The predicted molar refractivity (Wildman–Crippen MR) is 81.3 cm³/mol. The van der Waals surface area contributed by atoms with Crippen LogP contribution in [-0.4, -0.2) is 54.7 Å². The first kappa shape index (κ1) is 17.4. The molecule has 20 heavy (non-hydrogen) atoms. The lowest BCUT2D eigenvalue weighted by Crippen LogP contribution is -2.51. The van der Waals surface area contributed by atoms with E-state index in [1.54, 1.807) is 0 Å². The number of hydrogen-bond donors (Lipinski definition) is 3. The number of piperidine rings is 1. The van der Waals surface area contributed by atoms with Crippen LogP contribution in [0.4, 0.5) is 0 Å². The minimum Gasteiger partial charge on any atom is -0.396 e. The Morgan fingerprint density at radius 3 is 2.80 bits per heavy atom. The summed E-state index contributed by atoms with van der Waals surface area (Å²) in [5, 5.41) is 12.6. The van der Waals surface area contributed by atoms with Crippen LogP contribution in [0.25, 0.3) is 0 Å². The van der Waals surface area contributed by atoms with Crippen molar-refractivity contribution in [3.8, 4) is 0 Å². The first-order chi connectivity index (χ1) is 9.51. The van der Waals surface area contributed by atoms with E-state index in [1.165, 1.54) is 6.42 Å². The van der Waals surface area contributed by atoms with Crippen molar-refractivity contribution in [1.29, 1.82) is 0 Å². The zero-order chi connectivity index (χ0) is 15.0. The van der Waals surface area contributed by atoms with Crippen molar-refractivity contribution in [1.82, 2.24) is 10.2 Å². The number of nitrogens with one attached hydrogen (secondary N) is 1. The molecule has 0 bridgehead atoms. The SMILES string of the molecule is CC(C)CCNC1CC(CCCO)CN(CC(N)=O)C1. The quantitative estimate of drug-likeness (QED) is 0.579. The summed E-state index contributed by atoms with van der Waals surface area (Å²) in [6, 6.07) is 0.436. The number of primary amides is 1. The molecular formula is C15H31N3O2. The second-order valence-electron chi connectivity index (χ2n) is 6.46. The van der Waals surface area contributed by atoms with Gasteiger partial charge in [0, 0.05) is 25.7 Å². The molecule has 1 rings (SSSR count). The average molecular weight is 285 g/mol. The fraction of sp³-hybridized carbons (Fsp3) is 0.933. The zero-order valence-electron chi connectivity index (χ0n) is 13.0. The van der Waals surface area contributed by atoms with Crippen molar-refractivity contribution in [2.45, 2.75) is 45.6 Å². The summed E-state index contributed by atoms with van der Waals surface area (Å²) in [7, 11) is 0. The van der Waals surface area contributed by atoms with Gasteiger partial charge in [-0.3, -0.25) is 9.69 Å². The minimum absolute atomic E-state index is 0.248. The Morgan fingerprint density at radius 1 is 1.45 bits per heavy atom. The molecule has 0 saturated carbocycles. The standard InChI is InChI=1S/C15H31N3O2/c1-12(2)5-6-17-14-8-13(4-3-7-19)9-18(10-14)11-15(16)20/h12-14,17,19H,3-11H2,1-2H3,(H2,16,20). The minimum atomic E-state index is -0.256. The van der Waals surface area contributed by atoms with E-state index in [0.29, 0.717) is 24.4 Å². The van der Waals surface area contributed by atoms with E-state index in [4.69, 9.17) is 10.8 Å². The van der Waals surface area contributed by atoms with Gasteiger partial charge < -0.3 is 16.2 Å². The largest absolute Gasteiger partial charge is 0.396 e. The Morgan fingerprint density at radius 2 is 2.20 bits per heavy atom. The Labute approximate surface area is 122 Å². The topological polar surface area (TPSA) is 78.6 Å². The molecule has 1 heterocycles. The van der Waals surface area contributed by atoms with Crippen molar-refractivity contribution in [2.24, 2.45) is 17.6 Å². The molecule has 1 saturated heterocycles. The number of amides is 1. The van der Waals surface area contributed by atoms with Gasteiger partial charge >= 0.3 is 0 Å². The summed E-state index contributed by atoms with van der Waals surface area (Å²) in [5.41, 5.74) is 5.31. The van der Waals surface area contributed by atoms with Gasteiger partial charge in [-0.2, -0.15) is 0 Å². The summed E-state index contributed by atoms with van der Waals surface area (Å²) >= 11 is 0. The van der Waals surface area contributed by atoms with Crippen molar-refractivity contribution in [3.63, 3.8) is 0 Å². The maximum atomic E-state index is 11.1. The number of nitrogens with zero attached hydrogens (tertiary/aromatic N) is 1. The molecule has 118 valence electrons. The van der Waals surface area contributed by atoms with Crippen LogP contribution in [0, 0.1) is 11.8 Å². The van der Waals surface area contributed by atoms with Gasteiger partial charge in [0.25, 0.3) is 0 Å². The van der Waals surface area contributed by atoms with Crippen LogP contribution in [0.2, 0.25) is 0 Å². The van der Waals surface area contributed by atoms with Gasteiger partial charge in [0.2, 0.25) is 5.91 Å². The first-order valence-corrected chi connectivity index (χ1v) is 7.86. The number of nitrogens with two attached hydrogens (primary N) is 1. The summed E-state index contributed by atoms with van der Waals surface area (Å²) in [6.07, 6.45) is 4.17. The van der Waals surface area contributed by atoms with E-state index in [9.17, 15) is 4.79 Å². The van der Waals surface area contributed by atoms with E-state index in [1.807, 2.05) is 0 Å². The lowest BCUT2D eigenvalue weighted by molar-refractivity contribution is -0.119. The van der Waals surface area contributed by atoms with Crippen LogP contribution in [0.1, 0.15) is 39.5 Å². The van der Waals surface area contributed by atoms with Crippen LogP contribution in [0.5, 0.6) is 0 Å². The third-order valence-electron chi connectivity index (χ3n) is 3.92. The molecule has 1 fully saturated rings. The maximum absolute atomic E-state index is 11.1. The molecule has 0 radical (unpaired) electrons. The fourth-order valence-electron chi connectivity index (χ4n) is 2.97. The summed E-state index contributed by atoms with van der Waals surface area (Å²) in [6.45, 7) is 7.90. The lowest BCUT2D eigenvalue weighted by Gasteiger charge is -2.38. The molecule has 0 aromatic carbocycles. The maximum Gasteiger partial charge on any atom is 0.231 e. The van der Waals surface area contributed by atoms with Gasteiger partial charge in [-0.05, 0) is 44.1 Å². The third-order valence-corrected chi connectivity index (χ3v) is 3.92. The molecule has 0 spiro atoms. The summed E-state index contributed by atoms with van der Waals surface area (Å²) < 4.78 is 0. The van der Waals surface area contributed by atoms with Crippen molar-refractivity contribution in [2.75, 3.05) is 32.8 Å². The van der Waals surface area contributed by atoms with Crippen molar-refractivity contribution >= 4 is 5.91 Å². The van der Waals surface area contributed by atoms with Gasteiger partial charge in [0.1, 0.15) is 0 Å². The molecule has 5 nitrogen and oxygen atoms in total. The number of aliphatic hydroxyl groups is 1. The Balaban J connectivity index is 2.43. The second-order valence-corrected chi connectivity index (χ2v) is 6.46. The molecule has 0 aromatic heterocycles. The lowest BCUT2D eigenvalue weighted by atomic mass is 9.90. The number of aliphatic hydroxyl groups excluding tert-OH is 1. The number of carbonyl (C=O) groups excluding carboxylic acids is 1. The van der Waals surface area contributed by atoms with Gasteiger partial charge in [-0.25, -0.2) is 0 Å². The summed E-state index contributed by atoms with van der Waals surface area (Å²) in [4.78, 5) is 13.3. The normalized spacial score (nSPS) is 24.2. The van der Waals surface area contributed by atoms with E-state index in [-0.39, 0.29) is 12.5 Å². The van der Waals surface area contributed by atoms with Crippen LogP contribution in [-0.2, 0) is 4.79 Å². The molecule has 1 aliphatic heterocycles. The van der Waals surface area contributed by atoms with Crippen LogP contribution in [0.3, 0.4) is 0 Å². The van der Waals surface area contributed by atoms with Gasteiger partial charge in [-0.1, -0.05) is 13.8 Å². The Bertz CT molecular complexity index is 284. The Hall–Kier alpha value is -0.650. The molecule has 0 aliphatic carbocycles. The first-order valence-electron chi connectivity index (χ1n) is 7.86. The molecule has 1 amide bonds. The highest BCUT2D eigenvalue weighted by Crippen LogP contribution is 2.21. The molecule has 0 aromatic rings. The number of hydrogen-bond acceptors (Lipinski definition) is 4. The van der Waals surface area contributed by atoms with E-state index >= 15 is 0 Å². The fourth-order valence-corrected chi connectivity index (χ4v) is 2.97. The molecule has 5 heteroatoms. The van der Waals surface area contributed by atoms with Gasteiger partial charge in [0.05, 0.1) is 6.54 Å². The van der Waals surface area contributed by atoms with Gasteiger partial charge in [-0.15, -0.1) is 0 Å². The number of carbonyl (C=O) groups is 1. The second kappa shape index (κ2) is 9.32. The van der Waals surface area contributed by atoms with Crippen LogP contribution >= 0.6 is 0 Å². The number of rotatable bonds is 9. The highest BCUT2D eigenvalue weighted by Gasteiger charge is 2.27. The highest BCUT2D eigenvalue weighted by molar-refractivity contribution is 5.75. The van der Waals surface area contributed by atoms with Crippen LogP contribution in [0.15, 0.2) is 0 Å². The van der Waals surface area contributed by atoms with E-state index < -0.39 is 0 Å². The van der Waals surface area contributed by atoms with E-state index in [2.05, 4.69) is 24.1 Å². The monoisotopic (exact) mass is 285 g/mol. The predicted octanol–water partition coefficient (Wildman–Crippen LogP) is 0.570. The smallest absolute Gasteiger partial charge is 0.231 e. The number of likely N-dealkylation sites (tertiary alicyclic amines) is 1. The molecule has 4 N–H and O–H groups in total. The summed E-state index contributed by atoms with van der Waals surface area (Å²) in [5.74, 6) is 0.999. The Kier molecular flexibility index (Phi) is 8.11. The van der Waals surface area contributed by atoms with Gasteiger partial charge in [0.15, 0.2) is 0 Å². The van der Waals surface area contributed by atoms with Crippen LogP contribution < -0.4 is 11.1 Å². The highest BCUT2D eigenvalue weighted by atomic mass is 16.2. The van der Waals surface area contributed by atoms with Crippen molar-refractivity contribution in [3.05, 3.63) is 0 Å². The third kappa shape index (κ3) is 7.22. The van der Waals surface area contributed by atoms with Crippen molar-refractivity contribution < 1.29 is 9.90 Å².